The lowest BCUT2D eigenvalue weighted by Crippen LogP contribution is -2.34. The van der Waals surface area contributed by atoms with Crippen LogP contribution in [0.2, 0.25) is 0 Å². The molecule has 1 aliphatic rings. The van der Waals surface area contributed by atoms with Crippen LogP contribution < -0.4 is 5.56 Å². The van der Waals surface area contributed by atoms with Gasteiger partial charge in [0.05, 0.1) is 0 Å². The maximum Gasteiger partial charge on any atom is 0.356 e. The molecule has 3 aromatic carbocycles. The van der Waals surface area contributed by atoms with Crippen molar-refractivity contribution in [2.45, 2.75) is 19.1 Å². The summed E-state index contributed by atoms with van der Waals surface area (Å²) in [6, 6.07) is 27.7. The zero-order chi connectivity index (χ0) is 28.2. The zero-order valence-corrected chi connectivity index (χ0v) is 23.5. The van der Waals surface area contributed by atoms with E-state index in [1.165, 1.54) is 10.8 Å². The number of aromatic nitrogens is 2. The van der Waals surface area contributed by atoms with E-state index in [9.17, 15) is 9.59 Å². The van der Waals surface area contributed by atoms with Gasteiger partial charge in [0.1, 0.15) is 24.6 Å². The molecule has 0 bridgehead atoms. The minimum Gasteiger partial charge on any atom is -0.462 e. The molecule has 0 amide bonds. The Morgan fingerprint density at radius 3 is 2.41 bits per heavy atom. The fourth-order valence-electron chi connectivity index (χ4n) is 5.07. The quantitative estimate of drug-likeness (QED) is 0.180. The van der Waals surface area contributed by atoms with E-state index in [4.69, 9.17) is 14.2 Å². The van der Waals surface area contributed by atoms with Crippen LogP contribution in [0.3, 0.4) is 0 Å². The van der Waals surface area contributed by atoms with Crippen molar-refractivity contribution in [3.05, 3.63) is 147 Å². The Labute approximate surface area is 244 Å². The first-order valence-corrected chi connectivity index (χ1v) is 13.9. The predicted octanol–water partition coefficient (Wildman–Crippen LogP) is 6.81. The van der Waals surface area contributed by atoms with Gasteiger partial charge >= 0.3 is 5.97 Å². The van der Waals surface area contributed by atoms with Crippen LogP contribution in [0.1, 0.15) is 27.7 Å². The van der Waals surface area contributed by atoms with Crippen LogP contribution in [0, 0.1) is 0 Å². The molecule has 1 atom stereocenters. The minimum absolute atomic E-state index is 0.00270. The summed E-state index contributed by atoms with van der Waals surface area (Å²) in [5.74, 6) is -0.183. The molecule has 8 heteroatoms. The predicted molar refractivity (Wildman–Crippen MR) is 159 cm³/mol. The van der Waals surface area contributed by atoms with Crippen molar-refractivity contribution < 1.29 is 19.0 Å². The lowest BCUT2D eigenvalue weighted by molar-refractivity contribution is 0.0451. The summed E-state index contributed by atoms with van der Waals surface area (Å²) < 4.78 is 19.4. The molecule has 3 heterocycles. The number of ether oxygens (including phenoxy) is 3. The second-order valence-corrected chi connectivity index (χ2v) is 10.5. The number of nitrogens with zero attached hydrogens (tertiary/aromatic N) is 2. The lowest BCUT2D eigenvalue weighted by atomic mass is 9.95. The van der Waals surface area contributed by atoms with Gasteiger partial charge in [-0.3, -0.25) is 14.3 Å². The van der Waals surface area contributed by atoms with Crippen molar-refractivity contribution >= 4 is 32.7 Å². The second-order valence-electron chi connectivity index (χ2n) is 9.55. The van der Waals surface area contributed by atoms with Crippen molar-refractivity contribution in [3.63, 3.8) is 0 Å². The van der Waals surface area contributed by atoms with Crippen LogP contribution in [0.4, 0.5) is 0 Å². The summed E-state index contributed by atoms with van der Waals surface area (Å²) in [6.07, 6.45) is 5.19. The summed E-state index contributed by atoms with van der Waals surface area (Å²) in [5.41, 5.74) is 2.86. The molecule has 5 aromatic rings. The van der Waals surface area contributed by atoms with Crippen LogP contribution in [0.25, 0.3) is 21.9 Å². The smallest absolute Gasteiger partial charge is 0.356 e. The number of hydrogen-bond donors (Lipinski definition) is 0. The standard InChI is InChI=1S/C33H25BrN2O5/c34-25-13-14-26-27(17-25)30(24-11-5-2-6-12-24)31(33(38)40-19-23-10-7-15-35-18-23)36(32(26)37)28(29-20-39-21-41-29)16-22-8-3-1-4-9-22/h1-15,17-18,20,28H,16,19,21H2. The van der Waals surface area contributed by atoms with E-state index in [2.05, 4.69) is 20.9 Å². The Balaban J connectivity index is 1.63. The molecule has 0 aliphatic carbocycles. The molecule has 0 saturated heterocycles. The Bertz CT molecular complexity index is 1790. The van der Waals surface area contributed by atoms with Gasteiger partial charge in [-0.25, -0.2) is 4.79 Å². The Morgan fingerprint density at radius 1 is 0.951 bits per heavy atom. The first kappa shape index (κ1) is 26.5. The van der Waals surface area contributed by atoms with Crippen molar-refractivity contribution in [2.24, 2.45) is 0 Å². The Kier molecular flexibility index (Phi) is 7.65. The van der Waals surface area contributed by atoms with Gasteiger partial charge in [-0.15, -0.1) is 0 Å². The molecule has 204 valence electrons. The SMILES string of the molecule is O=C(OCc1cccnc1)c1c(-c2ccccc2)c2cc(Br)ccc2c(=O)n1C(Cc1ccccc1)C1=COCO1. The van der Waals surface area contributed by atoms with Crippen LogP contribution >= 0.6 is 15.9 Å². The molecule has 6 rings (SSSR count). The van der Waals surface area contributed by atoms with E-state index in [1.807, 2.05) is 78.9 Å². The van der Waals surface area contributed by atoms with E-state index >= 15 is 0 Å². The summed E-state index contributed by atoms with van der Waals surface area (Å²) in [4.78, 5) is 32.7. The Morgan fingerprint density at radius 2 is 1.71 bits per heavy atom. The highest BCUT2D eigenvalue weighted by Crippen LogP contribution is 2.36. The average Bonchev–Trinajstić information content (AvgIpc) is 3.55. The molecule has 1 unspecified atom stereocenters. The van der Waals surface area contributed by atoms with Crippen LogP contribution in [-0.4, -0.2) is 22.3 Å². The van der Waals surface area contributed by atoms with Crippen molar-refractivity contribution in [1.29, 1.82) is 0 Å². The highest BCUT2D eigenvalue weighted by molar-refractivity contribution is 9.10. The van der Waals surface area contributed by atoms with Gasteiger partial charge in [0.2, 0.25) is 6.79 Å². The van der Waals surface area contributed by atoms with Crippen LogP contribution in [-0.2, 0) is 27.2 Å². The summed E-state index contributed by atoms with van der Waals surface area (Å²) in [5, 5.41) is 1.10. The van der Waals surface area contributed by atoms with Gasteiger partial charge in [0.15, 0.2) is 5.76 Å². The van der Waals surface area contributed by atoms with Crippen molar-refractivity contribution in [3.8, 4) is 11.1 Å². The molecule has 41 heavy (non-hydrogen) atoms. The number of pyridine rings is 2. The molecule has 0 N–H and O–H groups in total. The molecule has 2 aromatic heterocycles. The highest BCUT2D eigenvalue weighted by Gasteiger charge is 2.32. The number of rotatable bonds is 8. The van der Waals surface area contributed by atoms with E-state index in [0.29, 0.717) is 28.5 Å². The Hall–Kier alpha value is -4.69. The fraction of sp³-hybridized carbons (Fsp3) is 0.121. The largest absolute Gasteiger partial charge is 0.462 e. The number of benzene rings is 3. The first-order chi connectivity index (χ1) is 20.1. The fourth-order valence-corrected chi connectivity index (χ4v) is 5.43. The van der Waals surface area contributed by atoms with E-state index in [1.54, 1.807) is 24.5 Å². The number of esters is 1. The summed E-state index contributed by atoms with van der Waals surface area (Å²) in [6.45, 7) is 0.0273. The van der Waals surface area contributed by atoms with Gasteiger partial charge in [0.25, 0.3) is 5.56 Å². The van der Waals surface area contributed by atoms with Crippen LogP contribution in [0.15, 0.2) is 125 Å². The van der Waals surface area contributed by atoms with Gasteiger partial charge in [-0.1, -0.05) is 82.7 Å². The van der Waals surface area contributed by atoms with Crippen LogP contribution in [0.5, 0.6) is 0 Å². The normalized spacial score (nSPS) is 13.2. The molecule has 0 fully saturated rings. The summed E-state index contributed by atoms with van der Waals surface area (Å²) in [7, 11) is 0. The average molecular weight is 609 g/mol. The van der Waals surface area contributed by atoms with Gasteiger partial charge in [0, 0.05) is 39.8 Å². The number of carbonyl (C=O) groups excluding carboxylic acids is 1. The molecule has 0 spiro atoms. The number of fused-ring (bicyclic) bond motifs is 1. The lowest BCUT2D eigenvalue weighted by Gasteiger charge is -2.26. The monoisotopic (exact) mass is 608 g/mol. The van der Waals surface area contributed by atoms with Crippen molar-refractivity contribution in [1.82, 2.24) is 9.55 Å². The van der Waals surface area contributed by atoms with Gasteiger partial charge in [-0.2, -0.15) is 0 Å². The van der Waals surface area contributed by atoms with E-state index in [-0.39, 0.29) is 24.7 Å². The van der Waals surface area contributed by atoms with E-state index < -0.39 is 12.0 Å². The minimum atomic E-state index is -0.677. The number of hydrogen-bond acceptors (Lipinski definition) is 6. The zero-order valence-electron chi connectivity index (χ0n) is 21.9. The van der Waals surface area contributed by atoms with Crippen molar-refractivity contribution in [2.75, 3.05) is 6.79 Å². The molecular weight excluding hydrogens is 584 g/mol. The third-order valence-electron chi connectivity index (χ3n) is 6.93. The molecule has 1 aliphatic heterocycles. The second kappa shape index (κ2) is 11.8. The van der Waals surface area contributed by atoms with Gasteiger partial charge in [-0.05, 0) is 40.8 Å². The number of halogens is 1. The van der Waals surface area contributed by atoms with E-state index in [0.717, 1.165) is 21.2 Å². The number of allylic oxidation sites excluding steroid dienone is 1. The first-order valence-electron chi connectivity index (χ1n) is 13.1. The molecule has 0 radical (unpaired) electrons. The third-order valence-corrected chi connectivity index (χ3v) is 7.42. The summed E-state index contributed by atoms with van der Waals surface area (Å²) >= 11 is 3.55. The maximum atomic E-state index is 14.4. The maximum absolute atomic E-state index is 14.4. The van der Waals surface area contributed by atoms with Gasteiger partial charge < -0.3 is 14.2 Å². The third kappa shape index (κ3) is 5.51. The molecule has 0 saturated carbocycles. The topological polar surface area (TPSA) is 79.7 Å². The molecular formula is C33H25BrN2O5. The molecule has 7 nitrogen and oxygen atoms in total. The highest BCUT2D eigenvalue weighted by atomic mass is 79.9. The number of carbonyl (C=O) groups is 1.